The molecule has 2 aromatic heterocycles. The summed E-state index contributed by atoms with van der Waals surface area (Å²) in [6.45, 7) is 2.23. The minimum Gasteiger partial charge on any atom is -0.431 e. The summed E-state index contributed by atoms with van der Waals surface area (Å²) in [7, 11) is 0. The van der Waals surface area contributed by atoms with Crippen LogP contribution >= 0.6 is 0 Å². The van der Waals surface area contributed by atoms with Gasteiger partial charge in [-0.25, -0.2) is 15.0 Å². The van der Waals surface area contributed by atoms with Crippen LogP contribution in [0.1, 0.15) is 25.1 Å². The van der Waals surface area contributed by atoms with E-state index < -0.39 is 6.61 Å². The van der Waals surface area contributed by atoms with Gasteiger partial charge in [-0.2, -0.15) is 8.78 Å². The third-order valence-electron chi connectivity index (χ3n) is 5.08. The summed E-state index contributed by atoms with van der Waals surface area (Å²) < 4.78 is 40.9. The van der Waals surface area contributed by atoms with Crippen LogP contribution in [0.15, 0.2) is 18.3 Å². The van der Waals surface area contributed by atoms with Gasteiger partial charge in [-0.15, -0.1) is 0 Å². The Bertz CT molecular complexity index is 864. The van der Waals surface area contributed by atoms with E-state index in [1.54, 1.807) is 0 Å². The van der Waals surface area contributed by atoms with Gasteiger partial charge >= 0.3 is 6.61 Å². The van der Waals surface area contributed by atoms with E-state index in [0.29, 0.717) is 50.1 Å². The number of aromatic nitrogens is 3. The topological polar surface area (TPSA) is 95.6 Å². The van der Waals surface area contributed by atoms with Crippen LogP contribution in [0.25, 0.3) is 11.3 Å². The fourth-order valence-electron chi connectivity index (χ4n) is 3.52. The number of halogens is 2. The molecule has 0 saturated carbocycles. The summed E-state index contributed by atoms with van der Waals surface area (Å²) in [5.41, 5.74) is 6.77. The molecule has 1 unspecified atom stereocenters. The molecular formula is C19H23F2N5O3. The first kappa shape index (κ1) is 19.7. The Morgan fingerprint density at radius 1 is 1.21 bits per heavy atom. The summed E-state index contributed by atoms with van der Waals surface area (Å²) in [6.07, 6.45) is 2.33. The van der Waals surface area contributed by atoms with Gasteiger partial charge in [0, 0.05) is 36.9 Å². The van der Waals surface area contributed by atoms with Crippen molar-refractivity contribution in [3.05, 3.63) is 24.2 Å². The molecule has 0 aliphatic carbocycles. The smallest absolute Gasteiger partial charge is 0.387 e. The van der Waals surface area contributed by atoms with Crippen LogP contribution in [-0.4, -0.2) is 60.6 Å². The zero-order chi connectivity index (χ0) is 20.4. The highest BCUT2D eigenvalue weighted by Crippen LogP contribution is 2.32. The number of hydrogen-bond acceptors (Lipinski definition) is 8. The minimum atomic E-state index is -2.99. The van der Waals surface area contributed by atoms with E-state index >= 15 is 0 Å². The van der Waals surface area contributed by atoms with Crippen molar-refractivity contribution in [2.75, 3.05) is 43.6 Å². The van der Waals surface area contributed by atoms with Crippen molar-refractivity contribution in [2.45, 2.75) is 31.9 Å². The third kappa shape index (κ3) is 4.38. The molecule has 29 heavy (non-hydrogen) atoms. The highest BCUT2D eigenvalue weighted by Gasteiger charge is 2.26. The molecule has 2 N–H and O–H groups in total. The number of rotatable bonds is 5. The standard InChI is InChI=1S/C19H23F2N5O3/c1-11-9-28-5-3-26(11)16-7-14(24-18(25-16)12-2-4-27-10-12)13-6-15(29-19(20)21)17(22)23-8-13/h6-8,11-12,19H,2-5,9-10H2,1H3,(H2,22,23)/t11-,12?/m0/s1. The first-order valence-corrected chi connectivity index (χ1v) is 9.53. The van der Waals surface area contributed by atoms with Crippen LogP contribution in [0.4, 0.5) is 20.4 Å². The number of anilines is 2. The molecule has 156 valence electrons. The molecule has 2 aromatic rings. The normalized spacial score (nSPS) is 22.3. The van der Waals surface area contributed by atoms with Gasteiger partial charge in [0.1, 0.15) is 11.6 Å². The predicted molar refractivity (Wildman–Crippen MR) is 102 cm³/mol. The molecule has 0 bridgehead atoms. The maximum Gasteiger partial charge on any atom is 0.387 e. The Morgan fingerprint density at radius 2 is 2.03 bits per heavy atom. The minimum absolute atomic E-state index is 0.0866. The number of hydrogen-bond donors (Lipinski definition) is 1. The molecular weight excluding hydrogens is 384 g/mol. The zero-order valence-corrected chi connectivity index (χ0v) is 16.1. The average Bonchev–Trinajstić information content (AvgIpc) is 3.24. The molecule has 2 atom stereocenters. The van der Waals surface area contributed by atoms with E-state index in [4.69, 9.17) is 20.2 Å². The largest absolute Gasteiger partial charge is 0.431 e. The number of morpholine rings is 1. The fraction of sp³-hybridized carbons (Fsp3) is 0.526. The maximum atomic E-state index is 12.7. The SMILES string of the molecule is C[C@H]1COCCN1c1cc(-c2cnc(N)c(OC(F)F)c2)nc(C2CCOC2)n1. The monoisotopic (exact) mass is 407 g/mol. The van der Waals surface area contributed by atoms with Gasteiger partial charge in [0.15, 0.2) is 11.6 Å². The number of nitrogen functional groups attached to an aromatic ring is 1. The summed E-state index contributed by atoms with van der Waals surface area (Å²) >= 11 is 0. The van der Waals surface area contributed by atoms with Gasteiger partial charge in [0.25, 0.3) is 0 Å². The molecule has 2 aliphatic heterocycles. The number of alkyl halides is 2. The molecule has 2 aliphatic rings. The van der Waals surface area contributed by atoms with Crippen molar-refractivity contribution in [2.24, 2.45) is 0 Å². The quantitative estimate of drug-likeness (QED) is 0.808. The maximum absolute atomic E-state index is 12.7. The van der Waals surface area contributed by atoms with E-state index in [0.717, 1.165) is 12.2 Å². The summed E-state index contributed by atoms with van der Waals surface area (Å²) in [6, 6.07) is 3.42. The molecule has 0 amide bonds. The van der Waals surface area contributed by atoms with Crippen LogP contribution in [0.2, 0.25) is 0 Å². The molecule has 0 aromatic carbocycles. The molecule has 2 fully saturated rings. The Balaban J connectivity index is 1.75. The second kappa shape index (κ2) is 8.42. The van der Waals surface area contributed by atoms with Crippen LogP contribution < -0.4 is 15.4 Å². The van der Waals surface area contributed by atoms with Crippen LogP contribution in [-0.2, 0) is 9.47 Å². The van der Waals surface area contributed by atoms with Gasteiger partial charge in [0.05, 0.1) is 31.6 Å². The van der Waals surface area contributed by atoms with Crippen LogP contribution in [0.5, 0.6) is 5.75 Å². The van der Waals surface area contributed by atoms with E-state index in [1.807, 2.05) is 6.07 Å². The van der Waals surface area contributed by atoms with Gasteiger partial charge in [0.2, 0.25) is 0 Å². The van der Waals surface area contributed by atoms with Gasteiger partial charge in [-0.05, 0) is 19.4 Å². The van der Waals surface area contributed by atoms with Crippen molar-refractivity contribution in [3.63, 3.8) is 0 Å². The van der Waals surface area contributed by atoms with Crippen molar-refractivity contribution in [1.29, 1.82) is 0 Å². The molecule has 2 saturated heterocycles. The van der Waals surface area contributed by atoms with Gasteiger partial charge in [-0.3, -0.25) is 0 Å². The van der Waals surface area contributed by atoms with E-state index in [2.05, 4.69) is 26.5 Å². The Kier molecular flexibility index (Phi) is 5.72. The Hall–Kier alpha value is -2.59. The number of ether oxygens (including phenoxy) is 3. The van der Waals surface area contributed by atoms with Crippen molar-refractivity contribution >= 4 is 11.6 Å². The highest BCUT2D eigenvalue weighted by atomic mass is 19.3. The van der Waals surface area contributed by atoms with E-state index in [9.17, 15) is 8.78 Å². The molecule has 8 nitrogen and oxygen atoms in total. The lowest BCUT2D eigenvalue weighted by molar-refractivity contribution is -0.0494. The molecule has 0 radical (unpaired) electrons. The number of nitrogens with two attached hydrogens (primary N) is 1. The summed E-state index contributed by atoms with van der Waals surface area (Å²) in [5.74, 6) is 1.24. The van der Waals surface area contributed by atoms with Crippen molar-refractivity contribution in [1.82, 2.24) is 15.0 Å². The highest BCUT2D eigenvalue weighted by molar-refractivity contribution is 5.66. The van der Waals surface area contributed by atoms with Crippen LogP contribution in [0, 0.1) is 0 Å². The first-order chi connectivity index (χ1) is 14.0. The van der Waals surface area contributed by atoms with E-state index in [1.165, 1.54) is 12.3 Å². The first-order valence-electron chi connectivity index (χ1n) is 9.53. The predicted octanol–water partition coefficient (Wildman–Crippen LogP) is 2.45. The van der Waals surface area contributed by atoms with Gasteiger partial charge < -0.3 is 24.8 Å². The van der Waals surface area contributed by atoms with Crippen molar-refractivity contribution in [3.8, 4) is 17.0 Å². The molecule has 0 spiro atoms. The molecule has 4 heterocycles. The fourth-order valence-corrected chi connectivity index (χ4v) is 3.52. The Morgan fingerprint density at radius 3 is 2.76 bits per heavy atom. The lowest BCUT2D eigenvalue weighted by Crippen LogP contribution is -2.44. The molecule has 10 heteroatoms. The van der Waals surface area contributed by atoms with Crippen molar-refractivity contribution < 1.29 is 23.0 Å². The number of pyridine rings is 1. The van der Waals surface area contributed by atoms with E-state index in [-0.39, 0.29) is 23.5 Å². The lowest BCUT2D eigenvalue weighted by atomic mass is 10.1. The average molecular weight is 407 g/mol. The summed E-state index contributed by atoms with van der Waals surface area (Å²) in [4.78, 5) is 15.6. The molecule has 4 rings (SSSR count). The van der Waals surface area contributed by atoms with Crippen LogP contribution in [0.3, 0.4) is 0 Å². The summed E-state index contributed by atoms with van der Waals surface area (Å²) in [5, 5.41) is 0. The second-order valence-corrected chi connectivity index (χ2v) is 7.13. The third-order valence-corrected chi connectivity index (χ3v) is 5.08. The lowest BCUT2D eigenvalue weighted by Gasteiger charge is -2.34. The second-order valence-electron chi connectivity index (χ2n) is 7.13. The zero-order valence-electron chi connectivity index (χ0n) is 16.1. The number of nitrogens with zero attached hydrogens (tertiary/aromatic N) is 4. The Labute approximate surface area is 167 Å². The van der Waals surface area contributed by atoms with Gasteiger partial charge in [-0.1, -0.05) is 0 Å².